The molecule has 0 unspecified atom stereocenters. The SMILES string of the molecule is CC(C)(O)C(C)(C)OBc1ccc2c(c1)C(F)(F)CCO2. The Morgan fingerprint density at radius 3 is 2.57 bits per heavy atom. The second-order valence-corrected chi connectivity index (χ2v) is 6.49. The van der Waals surface area contributed by atoms with Gasteiger partial charge < -0.3 is 14.5 Å². The van der Waals surface area contributed by atoms with E-state index in [-0.39, 0.29) is 31.8 Å². The Bertz CT molecular complexity index is 524. The van der Waals surface area contributed by atoms with Crippen LogP contribution in [-0.2, 0) is 10.6 Å². The van der Waals surface area contributed by atoms with Crippen LogP contribution < -0.4 is 10.2 Å². The highest BCUT2D eigenvalue weighted by Gasteiger charge is 2.39. The fourth-order valence-electron chi connectivity index (χ4n) is 1.94. The summed E-state index contributed by atoms with van der Waals surface area (Å²) in [7, 11) is 0.153. The van der Waals surface area contributed by atoms with Crippen molar-refractivity contribution < 1.29 is 23.3 Å². The van der Waals surface area contributed by atoms with E-state index < -0.39 is 17.1 Å². The molecule has 116 valence electrons. The summed E-state index contributed by atoms with van der Waals surface area (Å²) in [5, 5.41) is 10.0. The highest BCUT2D eigenvalue weighted by atomic mass is 19.3. The Hall–Kier alpha value is -1.14. The van der Waals surface area contributed by atoms with Gasteiger partial charge in [-0.1, -0.05) is 17.6 Å². The molecule has 0 atom stereocenters. The minimum atomic E-state index is -2.87. The van der Waals surface area contributed by atoms with E-state index in [9.17, 15) is 13.9 Å². The fourth-order valence-corrected chi connectivity index (χ4v) is 1.94. The zero-order valence-electron chi connectivity index (χ0n) is 12.9. The van der Waals surface area contributed by atoms with Gasteiger partial charge in [0.05, 0.1) is 29.8 Å². The van der Waals surface area contributed by atoms with Crippen molar-refractivity contribution in [2.45, 2.75) is 51.2 Å². The molecule has 1 N–H and O–H groups in total. The van der Waals surface area contributed by atoms with E-state index in [1.165, 1.54) is 6.07 Å². The molecule has 3 nitrogen and oxygen atoms in total. The Balaban J connectivity index is 2.16. The molecular weight excluding hydrogens is 277 g/mol. The minimum absolute atomic E-state index is 0.0293. The Labute approximate surface area is 124 Å². The molecule has 21 heavy (non-hydrogen) atoms. The number of aliphatic hydroxyl groups is 1. The van der Waals surface area contributed by atoms with Gasteiger partial charge in [-0.05, 0) is 33.8 Å². The summed E-state index contributed by atoms with van der Waals surface area (Å²) >= 11 is 0. The van der Waals surface area contributed by atoms with Crippen molar-refractivity contribution in [3.05, 3.63) is 23.8 Å². The van der Waals surface area contributed by atoms with Crippen LogP contribution in [0.5, 0.6) is 5.75 Å². The summed E-state index contributed by atoms with van der Waals surface area (Å²) in [4.78, 5) is 0. The van der Waals surface area contributed by atoms with Crippen molar-refractivity contribution in [3.63, 3.8) is 0 Å². The molecule has 0 saturated carbocycles. The molecule has 1 aliphatic rings. The average Bonchev–Trinajstić information content (AvgIpc) is 2.35. The van der Waals surface area contributed by atoms with Crippen molar-refractivity contribution in [1.82, 2.24) is 0 Å². The van der Waals surface area contributed by atoms with Crippen molar-refractivity contribution in [2.24, 2.45) is 0 Å². The summed E-state index contributed by atoms with van der Waals surface area (Å²) in [6.07, 6.45) is -0.306. The van der Waals surface area contributed by atoms with Gasteiger partial charge in [0.25, 0.3) is 5.92 Å². The molecule has 6 heteroatoms. The van der Waals surface area contributed by atoms with Gasteiger partial charge >= 0.3 is 7.48 Å². The van der Waals surface area contributed by atoms with Gasteiger partial charge in [-0.15, -0.1) is 0 Å². The number of ether oxygens (including phenoxy) is 1. The van der Waals surface area contributed by atoms with Gasteiger partial charge in [0.1, 0.15) is 5.75 Å². The van der Waals surface area contributed by atoms with E-state index >= 15 is 0 Å². The molecule has 0 spiro atoms. The lowest BCUT2D eigenvalue weighted by Gasteiger charge is -2.37. The Morgan fingerprint density at radius 2 is 1.95 bits per heavy atom. The second kappa shape index (κ2) is 5.25. The van der Waals surface area contributed by atoms with Gasteiger partial charge in [-0.25, -0.2) is 8.78 Å². The van der Waals surface area contributed by atoms with Crippen molar-refractivity contribution in [1.29, 1.82) is 0 Å². The Morgan fingerprint density at radius 1 is 1.29 bits per heavy atom. The highest BCUT2D eigenvalue weighted by Crippen LogP contribution is 2.40. The molecular formula is C15H21BF2O3. The minimum Gasteiger partial charge on any atom is -0.493 e. The van der Waals surface area contributed by atoms with Crippen LogP contribution in [0.2, 0.25) is 0 Å². The number of benzene rings is 1. The van der Waals surface area contributed by atoms with E-state index in [1.807, 2.05) is 0 Å². The van der Waals surface area contributed by atoms with E-state index in [0.717, 1.165) is 0 Å². The van der Waals surface area contributed by atoms with E-state index in [4.69, 9.17) is 9.39 Å². The van der Waals surface area contributed by atoms with Gasteiger partial charge in [-0.2, -0.15) is 0 Å². The van der Waals surface area contributed by atoms with Gasteiger partial charge in [-0.3, -0.25) is 0 Å². The van der Waals surface area contributed by atoms with Crippen LogP contribution in [0, 0.1) is 0 Å². The van der Waals surface area contributed by atoms with E-state index in [1.54, 1.807) is 39.8 Å². The van der Waals surface area contributed by atoms with Crippen molar-refractivity contribution in [3.8, 4) is 5.75 Å². The summed E-state index contributed by atoms with van der Waals surface area (Å²) < 4.78 is 38.7. The van der Waals surface area contributed by atoms with Crippen molar-refractivity contribution >= 4 is 12.9 Å². The molecule has 0 saturated heterocycles. The number of hydrogen-bond donors (Lipinski definition) is 1. The third-order valence-corrected chi connectivity index (χ3v) is 4.18. The van der Waals surface area contributed by atoms with Crippen molar-refractivity contribution in [2.75, 3.05) is 6.61 Å². The summed E-state index contributed by atoms with van der Waals surface area (Å²) in [5.41, 5.74) is -1.27. The first kappa shape index (κ1) is 16.2. The first-order chi connectivity index (χ1) is 9.53. The third-order valence-electron chi connectivity index (χ3n) is 4.18. The smallest absolute Gasteiger partial charge is 0.309 e. The standard InChI is InChI=1S/C15H21BF2O3/c1-13(2,19)14(3,4)21-16-10-5-6-12-11(9-10)15(17,18)7-8-20-12/h5-6,9,16,19H,7-8H2,1-4H3. The molecule has 0 amide bonds. The normalized spacial score (nSPS) is 17.9. The van der Waals surface area contributed by atoms with Crippen LogP contribution in [0.15, 0.2) is 18.2 Å². The number of hydrogen-bond acceptors (Lipinski definition) is 3. The summed E-state index contributed by atoms with van der Waals surface area (Å²) in [6, 6.07) is 4.69. The maximum Gasteiger partial charge on any atom is 0.309 e. The monoisotopic (exact) mass is 298 g/mol. The maximum atomic E-state index is 13.9. The molecule has 2 rings (SSSR count). The van der Waals surface area contributed by atoms with Gasteiger partial charge in [0.2, 0.25) is 0 Å². The van der Waals surface area contributed by atoms with Crippen LogP contribution in [0.25, 0.3) is 0 Å². The zero-order valence-corrected chi connectivity index (χ0v) is 12.9. The lowest BCUT2D eigenvalue weighted by Crippen LogP contribution is -2.49. The molecule has 1 aromatic carbocycles. The first-order valence-electron chi connectivity index (χ1n) is 7.03. The largest absolute Gasteiger partial charge is 0.493 e. The first-order valence-corrected chi connectivity index (χ1v) is 7.03. The molecule has 1 heterocycles. The molecule has 0 fully saturated rings. The summed E-state index contributed by atoms with van der Waals surface area (Å²) in [5.74, 6) is -2.63. The number of fused-ring (bicyclic) bond motifs is 1. The number of rotatable bonds is 4. The maximum absolute atomic E-state index is 13.9. The van der Waals surface area contributed by atoms with Crippen LogP contribution in [-0.4, -0.2) is 30.4 Å². The quantitative estimate of drug-likeness (QED) is 0.865. The molecule has 0 bridgehead atoms. The predicted octanol–water partition coefficient (Wildman–Crippen LogP) is 2.10. The molecule has 0 aliphatic carbocycles. The topological polar surface area (TPSA) is 38.7 Å². The molecule has 0 radical (unpaired) electrons. The predicted molar refractivity (Wildman–Crippen MR) is 78.7 cm³/mol. The van der Waals surface area contributed by atoms with E-state index in [0.29, 0.717) is 5.46 Å². The molecule has 0 aromatic heterocycles. The number of alkyl halides is 2. The second-order valence-electron chi connectivity index (χ2n) is 6.49. The lowest BCUT2D eigenvalue weighted by molar-refractivity contribution is -0.0893. The van der Waals surface area contributed by atoms with Crippen LogP contribution >= 0.6 is 0 Å². The average molecular weight is 298 g/mol. The number of halogens is 2. The van der Waals surface area contributed by atoms with Gasteiger partial charge in [0.15, 0.2) is 0 Å². The Kier molecular flexibility index (Phi) is 4.06. The van der Waals surface area contributed by atoms with Crippen LogP contribution in [0.3, 0.4) is 0 Å². The van der Waals surface area contributed by atoms with E-state index in [2.05, 4.69) is 0 Å². The molecule has 1 aliphatic heterocycles. The van der Waals surface area contributed by atoms with Gasteiger partial charge in [0, 0.05) is 0 Å². The van der Waals surface area contributed by atoms with Crippen LogP contribution in [0.1, 0.15) is 39.7 Å². The van der Waals surface area contributed by atoms with Crippen LogP contribution in [0.4, 0.5) is 8.78 Å². The third kappa shape index (κ3) is 3.38. The highest BCUT2D eigenvalue weighted by molar-refractivity contribution is 6.47. The fraction of sp³-hybridized carbons (Fsp3) is 0.600. The summed E-state index contributed by atoms with van der Waals surface area (Å²) in [6.45, 7) is 6.87. The molecule has 1 aromatic rings. The lowest BCUT2D eigenvalue weighted by atomic mass is 9.81. The zero-order chi connectivity index (χ0) is 15.9.